The summed E-state index contributed by atoms with van der Waals surface area (Å²) in [6, 6.07) is 0. The first-order chi connectivity index (χ1) is 17.6. The van der Waals surface area contributed by atoms with Gasteiger partial charge in [0.1, 0.15) is 0 Å². The smallest absolute Gasteiger partial charge is 0.305 e. The standard InChI is InChI=1S/C33H68N2O2/c1-8-9-10-11-12-15-18-21-25-35(28-27-34(6)7)26-22-19-16-13-14-17-20-23-32(36)37-29-24-31(2)30-33(3,4)5/h31H,8-30H2,1-7H3. The highest BCUT2D eigenvalue weighted by Crippen LogP contribution is 2.25. The fraction of sp³-hybridized carbons (Fsp3) is 0.970. The molecule has 0 aliphatic heterocycles. The molecule has 0 rings (SSSR count). The minimum atomic E-state index is -0.00253. The predicted octanol–water partition coefficient (Wildman–Crippen LogP) is 9.12. The van der Waals surface area contributed by atoms with E-state index in [4.69, 9.17) is 4.74 Å². The van der Waals surface area contributed by atoms with Crippen molar-refractivity contribution >= 4 is 5.97 Å². The summed E-state index contributed by atoms with van der Waals surface area (Å²) in [4.78, 5) is 17.0. The van der Waals surface area contributed by atoms with E-state index in [1.807, 2.05) is 0 Å². The van der Waals surface area contributed by atoms with E-state index in [9.17, 15) is 4.79 Å². The largest absolute Gasteiger partial charge is 0.466 e. The monoisotopic (exact) mass is 525 g/mol. The summed E-state index contributed by atoms with van der Waals surface area (Å²) >= 11 is 0. The Bertz CT molecular complexity index is 501. The lowest BCUT2D eigenvalue weighted by Crippen LogP contribution is -2.33. The molecule has 0 radical (unpaired) electrons. The van der Waals surface area contributed by atoms with Crippen LogP contribution in [-0.2, 0) is 9.53 Å². The van der Waals surface area contributed by atoms with Gasteiger partial charge in [0.2, 0.25) is 0 Å². The first-order valence-electron chi connectivity index (χ1n) is 16.2. The van der Waals surface area contributed by atoms with Gasteiger partial charge in [0.15, 0.2) is 0 Å². The van der Waals surface area contributed by atoms with Crippen LogP contribution in [0.2, 0.25) is 0 Å². The van der Waals surface area contributed by atoms with Crippen LogP contribution < -0.4 is 0 Å². The molecule has 0 aromatic heterocycles. The second-order valence-corrected chi connectivity index (χ2v) is 13.2. The summed E-state index contributed by atoms with van der Waals surface area (Å²) in [6.45, 7) is 16.8. The van der Waals surface area contributed by atoms with E-state index in [1.165, 1.54) is 110 Å². The summed E-state index contributed by atoms with van der Waals surface area (Å²) in [5.74, 6) is 0.607. The number of unbranched alkanes of at least 4 members (excludes halogenated alkanes) is 13. The molecule has 0 aromatic carbocycles. The predicted molar refractivity (Wildman–Crippen MR) is 163 cm³/mol. The SMILES string of the molecule is CCCCCCCCCCN(CCCCCCCCCC(=O)OCCC(C)CC(C)(C)C)CCN(C)C. The Morgan fingerprint density at radius 3 is 1.68 bits per heavy atom. The average molecular weight is 525 g/mol. The van der Waals surface area contributed by atoms with Crippen LogP contribution in [0.5, 0.6) is 0 Å². The Morgan fingerprint density at radius 2 is 1.19 bits per heavy atom. The van der Waals surface area contributed by atoms with Gasteiger partial charge in [0.05, 0.1) is 6.61 Å². The summed E-state index contributed by atoms with van der Waals surface area (Å²) in [6.07, 6.45) is 22.6. The molecule has 4 heteroatoms. The lowest BCUT2D eigenvalue weighted by molar-refractivity contribution is -0.144. The molecule has 4 nitrogen and oxygen atoms in total. The third-order valence-corrected chi connectivity index (χ3v) is 7.38. The number of rotatable bonds is 26. The van der Waals surface area contributed by atoms with E-state index in [0.29, 0.717) is 24.4 Å². The Labute approximate surface area is 233 Å². The zero-order chi connectivity index (χ0) is 27.8. The summed E-state index contributed by atoms with van der Waals surface area (Å²) in [5.41, 5.74) is 0.349. The van der Waals surface area contributed by atoms with Crippen LogP contribution in [0.4, 0.5) is 0 Å². The number of likely N-dealkylation sites (N-methyl/N-ethyl adjacent to an activating group) is 1. The second-order valence-electron chi connectivity index (χ2n) is 13.2. The number of hydrogen-bond acceptors (Lipinski definition) is 4. The van der Waals surface area contributed by atoms with Crippen molar-refractivity contribution in [2.24, 2.45) is 11.3 Å². The molecule has 0 aliphatic rings. The van der Waals surface area contributed by atoms with Crippen LogP contribution in [-0.4, -0.2) is 62.7 Å². The van der Waals surface area contributed by atoms with Crippen LogP contribution in [0.25, 0.3) is 0 Å². The summed E-state index contributed by atoms with van der Waals surface area (Å²) < 4.78 is 5.46. The van der Waals surface area contributed by atoms with E-state index in [0.717, 1.165) is 25.8 Å². The van der Waals surface area contributed by atoms with Crippen LogP contribution in [0.15, 0.2) is 0 Å². The van der Waals surface area contributed by atoms with Gasteiger partial charge in [0.25, 0.3) is 0 Å². The van der Waals surface area contributed by atoms with Crippen LogP contribution in [0, 0.1) is 11.3 Å². The minimum absolute atomic E-state index is 0.00253. The van der Waals surface area contributed by atoms with Gasteiger partial charge in [-0.2, -0.15) is 0 Å². The molecule has 0 aliphatic carbocycles. The molecule has 0 saturated carbocycles. The highest BCUT2D eigenvalue weighted by atomic mass is 16.5. The lowest BCUT2D eigenvalue weighted by Gasteiger charge is -2.24. The van der Waals surface area contributed by atoms with E-state index in [2.05, 4.69) is 58.5 Å². The molecule has 0 bridgehead atoms. The van der Waals surface area contributed by atoms with Gasteiger partial charge in [-0.15, -0.1) is 0 Å². The molecule has 0 heterocycles. The first kappa shape index (κ1) is 36.4. The van der Waals surface area contributed by atoms with Crippen molar-refractivity contribution in [2.45, 2.75) is 150 Å². The lowest BCUT2D eigenvalue weighted by atomic mass is 9.84. The number of carbonyl (C=O) groups excluding carboxylic acids is 1. The Morgan fingerprint density at radius 1 is 0.703 bits per heavy atom. The van der Waals surface area contributed by atoms with Gasteiger partial charge >= 0.3 is 5.97 Å². The van der Waals surface area contributed by atoms with Gasteiger partial charge in [-0.3, -0.25) is 4.79 Å². The van der Waals surface area contributed by atoms with Crippen molar-refractivity contribution in [1.82, 2.24) is 9.80 Å². The summed E-state index contributed by atoms with van der Waals surface area (Å²) in [7, 11) is 4.37. The quantitative estimate of drug-likeness (QED) is 0.0834. The Balaban J connectivity index is 3.73. The van der Waals surface area contributed by atoms with Gasteiger partial charge < -0.3 is 14.5 Å². The minimum Gasteiger partial charge on any atom is -0.466 e. The first-order valence-corrected chi connectivity index (χ1v) is 16.2. The van der Waals surface area contributed by atoms with E-state index < -0.39 is 0 Å². The van der Waals surface area contributed by atoms with Crippen molar-refractivity contribution in [2.75, 3.05) is 46.9 Å². The number of ether oxygens (including phenoxy) is 1. The molecule has 0 fully saturated rings. The summed E-state index contributed by atoms with van der Waals surface area (Å²) in [5, 5.41) is 0. The van der Waals surface area contributed by atoms with E-state index >= 15 is 0 Å². The topological polar surface area (TPSA) is 32.8 Å². The molecule has 1 atom stereocenters. The number of esters is 1. The van der Waals surface area contributed by atoms with Crippen molar-refractivity contribution in [1.29, 1.82) is 0 Å². The molecule has 0 aromatic rings. The third kappa shape index (κ3) is 28.2. The molecule has 0 N–H and O–H groups in total. The van der Waals surface area contributed by atoms with E-state index in [1.54, 1.807) is 0 Å². The highest BCUT2D eigenvalue weighted by molar-refractivity contribution is 5.69. The Kier molecular flexibility index (Phi) is 24.0. The third-order valence-electron chi connectivity index (χ3n) is 7.38. The molecular weight excluding hydrogens is 456 g/mol. The van der Waals surface area contributed by atoms with Gasteiger partial charge in [-0.25, -0.2) is 0 Å². The van der Waals surface area contributed by atoms with Gasteiger partial charge in [-0.05, 0) is 70.6 Å². The van der Waals surface area contributed by atoms with Crippen molar-refractivity contribution in [3.05, 3.63) is 0 Å². The molecular formula is C33H68N2O2. The van der Waals surface area contributed by atoms with Crippen molar-refractivity contribution in [3.63, 3.8) is 0 Å². The fourth-order valence-electron chi connectivity index (χ4n) is 5.23. The second kappa shape index (κ2) is 24.4. The molecule has 1 unspecified atom stereocenters. The normalized spacial score (nSPS) is 13.0. The number of hydrogen-bond donors (Lipinski definition) is 0. The van der Waals surface area contributed by atoms with Crippen LogP contribution in [0.3, 0.4) is 0 Å². The fourth-order valence-corrected chi connectivity index (χ4v) is 5.23. The molecule has 222 valence electrons. The number of carbonyl (C=O) groups is 1. The molecule has 0 amide bonds. The molecule has 0 saturated heterocycles. The average Bonchev–Trinajstić information content (AvgIpc) is 2.81. The highest BCUT2D eigenvalue weighted by Gasteiger charge is 2.15. The Hall–Kier alpha value is -0.610. The van der Waals surface area contributed by atoms with Crippen molar-refractivity contribution in [3.8, 4) is 0 Å². The maximum absolute atomic E-state index is 12.0. The van der Waals surface area contributed by atoms with Crippen LogP contribution in [0.1, 0.15) is 150 Å². The van der Waals surface area contributed by atoms with Crippen molar-refractivity contribution < 1.29 is 9.53 Å². The zero-order valence-corrected chi connectivity index (χ0v) is 26.6. The zero-order valence-electron chi connectivity index (χ0n) is 26.6. The molecule has 0 spiro atoms. The maximum atomic E-state index is 12.0. The van der Waals surface area contributed by atoms with Gasteiger partial charge in [-0.1, -0.05) is 112 Å². The molecule has 37 heavy (non-hydrogen) atoms. The van der Waals surface area contributed by atoms with Crippen LogP contribution >= 0.6 is 0 Å². The van der Waals surface area contributed by atoms with Gasteiger partial charge in [0, 0.05) is 19.5 Å². The van der Waals surface area contributed by atoms with E-state index in [-0.39, 0.29) is 5.97 Å². The maximum Gasteiger partial charge on any atom is 0.305 e. The number of nitrogens with zero attached hydrogens (tertiary/aromatic N) is 2.